The molecule has 0 atom stereocenters. The highest BCUT2D eigenvalue weighted by Gasteiger charge is 2.23. The third kappa shape index (κ3) is 5.14. The van der Waals surface area contributed by atoms with E-state index in [1.165, 1.54) is 19.2 Å². The first-order valence-corrected chi connectivity index (χ1v) is 9.96. The van der Waals surface area contributed by atoms with Crippen LogP contribution in [0.1, 0.15) is 25.3 Å². The topological polar surface area (TPSA) is 63.7 Å². The van der Waals surface area contributed by atoms with E-state index in [4.69, 9.17) is 4.74 Å². The fraction of sp³-hybridized carbons (Fsp3) is 0.278. The number of likely N-dealkylation sites (N-methyl/N-ethyl adjacent to an activating group) is 1. The first-order chi connectivity index (χ1) is 11.7. The van der Waals surface area contributed by atoms with Gasteiger partial charge in [0.05, 0.1) is 4.90 Å². The standard InChI is InChI=1S/C18H20BrNO4S/c1-13(2)14-4-8-16(9-5-14)24-18(21)12-20(3)25(22,23)17-10-6-15(19)7-11-17/h4-11,13H,12H2,1-3H3. The molecule has 0 saturated heterocycles. The number of sulfonamides is 1. The molecule has 2 rings (SSSR count). The Morgan fingerprint density at radius 2 is 1.64 bits per heavy atom. The number of hydrogen-bond donors (Lipinski definition) is 0. The molecule has 0 amide bonds. The van der Waals surface area contributed by atoms with Gasteiger partial charge < -0.3 is 4.74 Å². The van der Waals surface area contributed by atoms with Gasteiger partial charge in [0.1, 0.15) is 12.3 Å². The van der Waals surface area contributed by atoms with Crippen molar-refractivity contribution < 1.29 is 17.9 Å². The molecule has 5 nitrogen and oxygen atoms in total. The number of carbonyl (C=O) groups is 1. The number of halogens is 1. The molecule has 2 aromatic carbocycles. The van der Waals surface area contributed by atoms with Crippen molar-refractivity contribution in [1.29, 1.82) is 0 Å². The molecule has 0 heterocycles. The van der Waals surface area contributed by atoms with E-state index < -0.39 is 16.0 Å². The molecule has 0 saturated carbocycles. The summed E-state index contributed by atoms with van der Waals surface area (Å²) in [6, 6.07) is 13.4. The Morgan fingerprint density at radius 3 is 2.16 bits per heavy atom. The number of rotatable bonds is 6. The summed E-state index contributed by atoms with van der Waals surface area (Å²) >= 11 is 3.26. The lowest BCUT2D eigenvalue weighted by Crippen LogP contribution is -2.34. The smallest absolute Gasteiger partial charge is 0.326 e. The zero-order valence-corrected chi connectivity index (χ0v) is 16.7. The van der Waals surface area contributed by atoms with Gasteiger partial charge in [0.25, 0.3) is 0 Å². The predicted molar refractivity (Wildman–Crippen MR) is 100 cm³/mol. The summed E-state index contributed by atoms with van der Waals surface area (Å²) in [6.07, 6.45) is 0. The second-order valence-corrected chi connectivity index (χ2v) is 8.87. The molecule has 25 heavy (non-hydrogen) atoms. The second kappa shape index (κ2) is 8.12. The lowest BCUT2D eigenvalue weighted by atomic mass is 10.0. The Bertz CT molecular complexity index is 830. The number of hydrogen-bond acceptors (Lipinski definition) is 4. The molecule has 0 aliphatic heterocycles. The van der Waals surface area contributed by atoms with E-state index in [0.717, 1.165) is 14.3 Å². The highest BCUT2D eigenvalue weighted by Crippen LogP contribution is 2.20. The number of ether oxygens (including phenoxy) is 1. The van der Waals surface area contributed by atoms with Crippen molar-refractivity contribution in [3.05, 3.63) is 58.6 Å². The van der Waals surface area contributed by atoms with E-state index in [0.29, 0.717) is 11.7 Å². The maximum absolute atomic E-state index is 12.5. The maximum Gasteiger partial charge on any atom is 0.326 e. The van der Waals surface area contributed by atoms with Gasteiger partial charge in [0, 0.05) is 11.5 Å². The van der Waals surface area contributed by atoms with Gasteiger partial charge in [-0.15, -0.1) is 0 Å². The fourth-order valence-electron chi connectivity index (χ4n) is 2.14. The molecule has 0 fully saturated rings. The number of benzene rings is 2. The van der Waals surface area contributed by atoms with E-state index in [1.807, 2.05) is 12.1 Å². The van der Waals surface area contributed by atoms with Gasteiger partial charge in [-0.2, -0.15) is 4.31 Å². The molecule has 2 aromatic rings. The van der Waals surface area contributed by atoms with Crippen molar-refractivity contribution in [2.24, 2.45) is 0 Å². The molecule has 0 radical (unpaired) electrons. The van der Waals surface area contributed by atoms with Gasteiger partial charge >= 0.3 is 5.97 Å². The quantitative estimate of drug-likeness (QED) is 0.521. The third-order valence-electron chi connectivity index (χ3n) is 3.65. The summed E-state index contributed by atoms with van der Waals surface area (Å²) in [6.45, 7) is 3.77. The molecule has 0 aliphatic rings. The molecule has 0 aliphatic carbocycles. The van der Waals surface area contributed by atoms with E-state index in [9.17, 15) is 13.2 Å². The van der Waals surface area contributed by atoms with Gasteiger partial charge in [0.15, 0.2) is 0 Å². The van der Waals surface area contributed by atoms with Crippen molar-refractivity contribution in [1.82, 2.24) is 4.31 Å². The van der Waals surface area contributed by atoms with E-state index >= 15 is 0 Å². The average molecular weight is 426 g/mol. The molecule has 0 spiro atoms. The van der Waals surface area contributed by atoms with Crippen molar-refractivity contribution in [3.63, 3.8) is 0 Å². The van der Waals surface area contributed by atoms with Crippen LogP contribution < -0.4 is 4.74 Å². The van der Waals surface area contributed by atoms with Crippen LogP contribution in [0.3, 0.4) is 0 Å². The molecule has 7 heteroatoms. The van der Waals surface area contributed by atoms with Crippen LogP contribution in [0.25, 0.3) is 0 Å². The van der Waals surface area contributed by atoms with Gasteiger partial charge in [-0.3, -0.25) is 4.79 Å². The third-order valence-corrected chi connectivity index (χ3v) is 6.00. The summed E-state index contributed by atoms with van der Waals surface area (Å²) in [4.78, 5) is 12.2. The van der Waals surface area contributed by atoms with Crippen LogP contribution in [0.4, 0.5) is 0 Å². The minimum atomic E-state index is -3.75. The summed E-state index contributed by atoms with van der Waals surface area (Å²) in [5, 5.41) is 0. The minimum Gasteiger partial charge on any atom is -0.426 e. The van der Waals surface area contributed by atoms with Crippen LogP contribution in [0.15, 0.2) is 57.9 Å². The summed E-state index contributed by atoms with van der Waals surface area (Å²) in [7, 11) is -2.40. The highest BCUT2D eigenvalue weighted by molar-refractivity contribution is 9.10. The van der Waals surface area contributed by atoms with Crippen LogP contribution in [0.2, 0.25) is 0 Å². The Morgan fingerprint density at radius 1 is 1.08 bits per heavy atom. The average Bonchev–Trinajstić information content (AvgIpc) is 2.55. The van der Waals surface area contributed by atoms with Crippen LogP contribution in [0, 0.1) is 0 Å². The second-order valence-electron chi connectivity index (χ2n) is 5.91. The van der Waals surface area contributed by atoms with Crippen molar-refractivity contribution in [2.45, 2.75) is 24.7 Å². The largest absolute Gasteiger partial charge is 0.426 e. The normalized spacial score (nSPS) is 11.8. The molecular weight excluding hydrogens is 406 g/mol. The van der Waals surface area contributed by atoms with Crippen LogP contribution in [-0.4, -0.2) is 32.3 Å². The predicted octanol–water partition coefficient (Wildman–Crippen LogP) is 3.80. The number of carbonyl (C=O) groups excluding carboxylic acids is 1. The molecule has 0 bridgehead atoms. The summed E-state index contributed by atoms with van der Waals surface area (Å²) < 4.78 is 31.9. The minimum absolute atomic E-state index is 0.118. The molecule has 0 aromatic heterocycles. The monoisotopic (exact) mass is 425 g/mol. The molecule has 0 unspecified atom stereocenters. The molecule has 0 N–H and O–H groups in total. The number of nitrogens with zero attached hydrogens (tertiary/aromatic N) is 1. The highest BCUT2D eigenvalue weighted by atomic mass is 79.9. The molecular formula is C18H20BrNO4S. The van der Waals surface area contributed by atoms with Crippen LogP contribution in [0.5, 0.6) is 5.75 Å². The fourth-order valence-corrected chi connectivity index (χ4v) is 3.52. The van der Waals surface area contributed by atoms with Crippen molar-refractivity contribution >= 4 is 31.9 Å². The Hall–Kier alpha value is -1.70. The molecule has 134 valence electrons. The van der Waals surface area contributed by atoms with E-state index in [-0.39, 0.29) is 11.4 Å². The van der Waals surface area contributed by atoms with Crippen molar-refractivity contribution in [2.75, 3.05) is 13.6 Å². The Balaban J connectivity index is 2.02. The van der Waals surface area contributed by atoms with Crippen LogP contribution >= 0.6 is 15.9 Å². The maximum atomic E-state index is 12.5. The van der Waals surface area contributed by atoms with Gasteiger partial charge in [0.2, 0.25) is 10.0 Å². The first kappa shape index (κ1) is 19.6. The van der Waals surface area contributed by atoms with Crippen molar-refractivity contribution in [3.8, 4) is 5.75 Å². The van der Waals surface area contributed by atoms with Gasteiger partial charge in [-0.25, -0.2) is 8.42 Å². The zero-order valence-electron chi connectivity index (χ0n) is 14.3. The Kier molecular flexibility index (Phi) is 6.37. The van der Waals surface area contributed by atoms with Gasteiger partial charge in [-0.1, -0.05) is 41.9 Å². The number of esters is 1. The van der Waals surface area contributed by atoms with E-state index in [2.05, 4.69) is 29.8 Å². The van der Waals surface area contributed by atoms with Crippen LogP contribution in [-0.2, 0) is 14.8 Å². The van der Waals surface area contributed by atoms with E-state index in [1.54, 1.807) is 24.3 Å². The lowest BCUT2D eigenvalue weighted by molar-refractivity contribution is -0.134. The summed E-state index contributed by atoms with van der Waals surface area (Å²) in [5.74, 6) is 0.135. The SMILES string of the molecule is CC(C)c1ccc(OC(=O)CN(C)S(=O)(=O)c2ccc(Br)cc2)cc1. The zero-order chi connectivity index (χ0) is 18.6. The van der Waals surface area contributed by atoms with Gasteiger partial charge in [-0.05, 0) is 47.9 Å². The first-order valence-electron chi connectivity index (χ1n) is 7.72. The lowest BCUT2D eigenvalue weighted by Gasteiger charge is -2.16. The summed E-state index contributed by atoms with van der Waals surface area (Å²) in [5.41, 5.74) is 1.13. The Labute approximate surface area is 156 Å².